The first-order valence-corrected chi connectivity index (χ1v) is 12.4. The van der Waals surface area contributed by atoms with Gasteiger partial charge in [-0.05, 0) is 30.7 Å². The summed E-state index contributed by atoms with van der Waals surface area (Å²) in [5.74, 6) is -1.54. The van der Waals surface area contributed by atoms with E-state index in [0.717, 1.165) is 37.7 Å². The molecule has 10 heteroatoms. The molecule has 2 aliphatic rings. The number of hydrogen-bond donors (Lipinski definition) is 5. The summed E-state index contributed by atoms with van der Waals surface area (Å²) in [5, 5.41) is 19.1. The fourth-order valence-corrected chi connectivity index (χ4v) is 4.22. The Balaban J connectivity index is 0.00000137. The van der Waals surface area contributed by atoms with Gasteiger partial charge in [-0.1, -0.05) is 63.8 Å². The third-order valence-electron chi connectivity index (χ3n) is 6.13. The van der Waals surface area contributed by atoms with Crippen LogP contribution in [0.3, 0.4) is 0 Å². The number of carboxylic acid groups (broad SMARTS) is 1. The van der Waals surface area contributed by atoms with E-state index in [1.807, 2.05) is 0 Å². The second kappa shape index (κ2) is 14.4. The third-order valence-corrected chi connectivity index (χ3v) is 6.13. The van der Waals surface area contributed by atoms with Crippen molar-refractivity contribution in [2.45, 2.75) is 77.4 Å². The quantitative estimate of drug-likeness (QED) is 0.191. The minimum Gasteiger partial charge on any atom is -0.479 e. The highest BCUT2D eigenvalue weighted by Gasteiger charge is 2.42. The first-order valence-electron chi connectivity index (χ1n) is 12.4. The van der Waals surface area contributed by atoms with Crippen LogP contribution in [0, 0.1) is 11.3 Å². The molecule has 0 aromatic heterocycles. The minimum absolute atomic E-state index is 0.0160. The van der Waals surface area contributed by atoms with Crippen molar-refractivity contribution in [2.75, 3.05) is 13.2 Å². The summed E-state index contributed by atoms with van der Waals surface area (Å²) < 4.78 is 0. The number of carbonyl (C=O) groups is 3. The average Bonchev–Trinajstić information content (AvgIpc) is 2.81. The number of carbonyl (C=O) groups excluding carboxylic acids is 2. The van der Waals surface area contributed by atoms with Crippen LogP contribution in [0.4, 0.5) is 0 Å². The number of benzene rings is 1. The zero-order valence-electron chi connectivity index (χ0n) is 20.7. The molecule has 2 amide bonds. The van der Waals surface area contributed by atoms with Crippen LogP contribution in [0.25, 0.3) is 0 Å². The summed E-state index contributed by atoms with van der Waals surface area (Å²) in [6.07, 6.45) is 6.70. The molecule has 1 saturated heterocycles. The van der Waals surface area contributed by atoms with Crippen LogP contribution in [-0.4, -0.2) is 58.9 Å². The molecule has 2 fully saturated rings. The molecule has 1 aliphatic carbocycles. The Hall–Kier alpha value is -2.98. The van der Waals surface area contributed by atoms with Crippen molar-refractivity contribution in [1.29, 1.82) is 5.41 Å². The molecule has 3 rings (SSSR count). The highest BCUT2D eigenvalue weighted by molar-refractivity contribution is 5.95. The molecule has 2 atom stereocenters. The van der Waals surface area contributed by atoms with E-state index in [0.29, 0.717) is 25.1 Å². The van der Waals surface area contributed by atoms with E-state index in [9.17, 15) is 14.4 Å². The van der Waals surface area contributed by atoms with Crippen molar-refractivity contribution in [3.05, 3.63) is 35.4 Å². The van der Waals surface area contributed by atoms with Crippen LogP contribution in [0.1, 0.15) is 69.9 Å². The standard InChI is InChI=1S/C22H31N5O5.C3H8/c23-20(24)16-8-6-14(7-9-16)12-25-21(30)17-10-11-27(17)22(31)19(26-32-13-18(28)29)15-4-2-1-3-5-15;1-3-2/h6-9,15,17,19,26H,1-5,10-13H2,(H3,23,24)(H,25,30)(H,28,29);3H2,1-2H3. The van der Waals surface area contributed by atoms with Gasteiger partial charge in [0.25, 0.3) is 0 Å². The van der Waals surface area contributed by atoms with E-state index in [4.69, 9.17) is 21.1 Å². The number of nitrogen functional groups attached to an aromatic ring is 1. The van der Waals surface area contributed by atoms with Crippen LogP contribution in [0.5, 0.6) is 0 Å². The van der Waals surface area contributed by atoms with Gasteiger partial charge in [0.05, 0.1) is 0 Å². The molecule has 35 heavy (non-hydrogen) atoms. The number of aliphatic carboxylic acids is 1. The van der Waals surface area contributed by atoms with Crippen LogP contribution in [-0.2, 0) is 25.8 Å². The van der Waals surface area contributed by atoms with Crippen molar-refractivity contribution >= 4 is 23.6 Å². The fraction of sp³-hybridized carbons (Fsp3) is 0.600. The van der Waals surface area contributed by atoms with Gasteiger partial charge in [0.1, 0.15) is 17.9 Å². The number of hydroxylamine groups is 1. The van der Waals surface area contributed by atoms with Crippen molar-refractivity contribution in [1.82, 2.24) is 15.7 Å². The van der Waals surface area contributed by atoms with Gasteiger partial charge in [-0.3, -0.25) is 19.8 Å². The Morgan fingerprint density at radius 2 is 1.77 bits per heavy atom. The Bertz CT molecular complexity index is 854. The molecule has 1 saturated carbocycles. The number of likely N-dealkylation sites (tertiary alicyclic amines) is 1. The molecule has 0 radical (unpaired) electrons. The second-order valence-electron chi connectivity index (χ2n) is 9.05. The Morgan fingerprint density at radius 1 is 1.14 bits per heavy atom. The molecule has 1 aliphatic heterocycles. The SMILES string of the molecule is CCC.N=C(N)c1ccc(CNC(=O)C2CCN2C(=O)C(NOCC(=O)O)C2CCCCC2)cc1. The summed E-state index contributed by atoms with van der Waals surface area (Å²) in [4.78, 5) is 43.3. The van der Waals surface area contributed by atoms with E-state index < -0.39 is 24.7 Å². The number of nitrogens with two attached hydrogens (primary N) is 1. The van der Waals surface area contributed by atoms with Crippen molar-refractivity contribution in [2.24, 2.45) is 11.7 Å². The molecule has 10 nitrogen and oxygen atoms in total. The predicted molar refractivity (Wildman–Crippen MR) is 132 cm³/mol. The fourth-order valence-electron chi connectivity index (χ4n) is 4.22. The maximum atomic E-state index is 13.2. The van der Waals surface area contributed by atoms with Crippen LogP contribution in [0.15, 0.2) is 24.3 Å². The lowest BCUT2D eigenvalue weighted by molar-refractivity contribution is -0.158. The first-order chi connectivity index (χ1) is 16.8. The Kier molecular flexibility index (Phi) is 11.6. The van der Waals surface area contributed by atoms with Crippen LogP contribution >= 0.6 is 0 Å². The number of nitrogens with one attached hydrogen (secondary N) is 3. The number of carboxylic acids is 1. The first kappa shape index (κ1) is 28.3. The molecule has 1 heterocycles. The average molecular weight is 490 g/mol. The number of amidine groups is 1. The molecule has 0 bridgehead atoms. The zero-order chi connectivity index (χ0) is 25.8. The third kappa shape index (κ3) is 8.63. The topological polar surface area (TPSA) is 158 Å². The van der Waals surface area contributed by atoms with Gasteiger partial charge in [0, 0.05) is 18.7 Å². The predicted octanol–water partition coefficient (Wildman–Crippen LogP) is 2.16. The Morgan fingerprint density at radius 3 is 2.29 bits per heavy atom. The molecule has 1 aromatic rings. The number of amides is 2. The number of nitrogens with zero attached hydrogens (tertiary/aromatic N) is 1. The number of hydrogen-bond acceptors (Lipinski definition) is 6. The van der Waals surface area contributed by atoms with E-state index in [1.54, 1.807) is 29.2 Å². The molecule has 6 N–H and O–H groups in total. The van der Waals surface area contributed by atoms with Gasteiger partial charge in [0.15, 0.2) is 6.61 Å². The molecular formula is C25H39N5O5. The lowest BCUT2D eigenvalue weighted by Gasteiger charge is -2.43. The van der Waals surface area contributed by atoms with Crippen LogP contribution in [0.2, 0.25) is 0 Å². The van der Waals surface area contributed by atoms with E-state index >= 15 is 0 Å². The van der Waals surface area contributed by atoms with E-state index in [1.165, 1.54) is 6.42 Å². The molecular weight excluding hydrogens is 450 g/mol. The van der Waals surface area contributed by atoms with Crippen molar-refractivity contribution in [3.8, 4) is 0 Å². The van der Waals surface area contributed by atoms with Crippen LogP contribution < -0.4 is 16.5 Å². The van der Waals surface area contributed by atoms with Gasteiger partial charge in [0.2, 0.25) is 11.8 Å². The monoisotopic (exact) mass is 489 g/mol. The van der Waals surface area contributed by atoms with Gasteiger partial charge in [-0.2, -0.15) is 5.48 Å². The van der Waals surface area contributed by atoms with Gasteiger partial charge >= 0.3 is 5.97 Å². The molecule has 194 valence electrons. The van der Waals surface area contributed by atoms with Crippen molar-refractivity contribution < 1.29 is 24.3 Å². The van der Waals surface area contributed by atoms with Crippen molar-refractivity contribution in [3.63, 3.8) is 0 Å². The highest BCUT2D eigenvalue weighted by atomic mass is 16.7. The van der Waals surface area contributed by atoms with E-state index in [2.05, 4.69) is 24.6 Å². The smallest absolute Gasteiger partial charge is 0.331 e. The number of rotatable bonds is 10. The summed E-state index contributed by atoms with van der Waals surface area (Å²) in [7, 11) is 0. The maximum absolute atomic E-state index is 13.2. The normalized spacial score (nSPS) is 18.5. The molecule has 2 unspecified atom stereocenters. The Labute approximate surface area is 207 Å². The maximum Gasteiger partial charge on any atom is 0.331 e. The van der Waals surface area contributed by atoms with Gasteiger partial charge < -0.3 is 21.1 Å². The highest BCUT2D eigenvalue weighted by Crippen LogP contribution is 2.29. The van der Waals surface area contributed by atoms with E-state index in [-0.39, 0.29) is 23.6 Å². The molecule has 0 spiro atoms. The molecule has 1 aromatic carbocycles. The summed E-state index contributed by atoms with van der Waals surface area (Å²) in [5.41, 5.74) is 9.60. The second-order valence-corrected chi connectivity index (χ2v) is 9.05. The largest absolute Gasteiger partial charge is 0.479 e. The van der Waals surface area contributed by atoms with Gasteiger partial charge in [-0.25, -0.2) is 4.79 Å². The summed E-state index contributed by atoms with van der Waals surface area (Å²) in [6.45, 7) is 4.50. The summed E-state index contributed by atoms with van der Waals surface area (Å²) >= 11 is 0. The zero-order valence-corrected chi connectivity index (χ0v) is 20.7. The van der Waals surface area contributed by atoms with Gasteiger partial charge in [-0.15, -0.1) is 0 Å². The lowest BCUT2D eigenvalue weighted by Crippen LogP contribution is -2.63. The minimum atomic E-state index is -1.12. The summed E-state index contributed by atoms with van der Waals surface area (Å²) in [6, 6.07) is 5.82. The lowest BCUT2D eigenvalue weighted by atomic mass is 9.83.